The summed E-state index contributed by atoms with van der Waals surface area (Å²) in [7, 11) is 0. The van der Waals surface area contributed by atoms with Crippen LogP contribution in [-0.4, -0.2) is 28.0 Å². The molecule has 0 bridgehead atoms. The van der Waals surface area contributed by atoms with Gasteiger partial charge in [0.2, 0.25) is 0 Å². The Morgan fingerprint density at radius 3 is 2.82 bits per heavy atom. The Labute approximate surface area is 76.4 Å². The van der Waals surface area contributed by atoms with Crippen LogP contribution in [0.2, 0.25) is 0 Å². The Balaban J connectivity index is 2.31. The number of halogens is 1. The lowest BCUT2D eigenvalue weighted by Gasteiger charge is -2.22. The van der Waals surface area contributed by atoms with Crippen LogP contribution in [0.1, 0.15) is 26.7 Å². The minimum Gasteiger partial charge on any atom is -0.275 e. The zero-order valence-electron chi connectivity index (χ0n) is 7.00. The first-order chi connectivity index (χ1) is 5.25. The fourth-order valence-electron chi connectivity index (χ4n) is 1.00. The Kier molecular flexibility index (Phi) is 3.17. The molecule has 0 saturated heterocycles. The van der Waals surface area contributed by atoms with Crippen molar-refractivity contribution in [1.82, 2.24) is 8.93 Å². The van der Waals surface area contributed by atoms with Crippen molar-refractivity contribution in [1.29, 1.82) is 0 Å². The maximum Gasteiger partial charge on any atom is 0.126 e. The van der Waals surface area contributed by atoms with Crippen LogP contribution in [0.5, 0.6) is 0 Å². The molecule has 0 aliphatic carbocycles. The molecule has 11 heavy (non-hydrogen) atoms. The van der Waals surface area contributed by atoms with E-state index in [9.17, 15) is 0 Å². The minimum absolute atomic E-state index is 0.363. The normalized spacial score (nSPS) is 23.4. The Hall–Kier alpha value is -0.250. The zero-order chi connectivity index (χ0) is 8.27. The molecule has 0 spiro atoms. The summed E-state index contributed by atoms with van der Waals surface area (Å²) in [6.07, 6.45) is 4.60. The lowest BCUT2D eigenvalue weighted by Crippen LogP contribution is -2.31. The monoisotopic (exact) mass is 219 g/mol. The highest BCUT2D eigenvalue weighted by atomic mass is 79.9. The van der Waals surface area contributed by atoms with Crippen LogP contribution in [0.3, 0.4) is 0 Å². The summed E-state index contributed by atoms with van der Waals surface area (Å²) >= 11 is 3.38. The van der Waals surface area contributed by atoms with Gasteiger partial charge in [-0.3, -0.25) is 8.93 Å². The molecule has 4 heteroatoms. The molecule has 3 nitrogen and oxygen atoms in total. The van der Waals surface area contributed by atoms with Gasteiger partial charge in [-0.25, -0.2) is 0 Å². The van der Waals surface area contributed by atoms with E-state index in [0.29, 0.717) is 6.17 Å². The number of nitrogens with zero attached hydrogens (tertiary/aromatic N) is 3. The molecule has 1 rings (SSSR count). The Morgan fingerprint density at radius 2 is 2.36 bits per heavy atom. The minimum atomic E-state index is 0.363. The van der Waals surface area contributed by atoms with Gasteiger partial charge in [-0.05, 0) is 13.3 Å². The van der Waals surface area contributed by atoms with Crippen molar-refractivity contribution in [3.05, 3.63) is 0 Å². The molecule has 0 amide bonds. The van der Waals surface area contributed by atoms with Gasteiger partial charge in [-0.15, -0.1) is 0 Å². The van der Waals surface area contributed by atoms with Crippen molar-refractivity contribution in [2.45, 2.75) is 32.9 Å². The predicted octanol–water partition coefficient (Wildman–Crippen LogP) is 2.00. The van der Waals surface area contributed by atoms with Crippen LogP contribution < -0.4 is 0 Å². The average molecular weight is 220 g/mol. The van der Waals surface area contributed by atoms with Gasteiger partial charge in [-0.2, -0.15) is 5.10 Å². The summed E-state index contributed by atoms with van der Waals surface area (Å²) in [4.78, 5) is 0. The van der Waals surface area contributed by atoms with E-state index >= 15 is 0 Å². The number of hydrazone groups is 1. The highest BCUT2D eigenvalue weighted by Crippen LogP contribution is 2.15. The second kappa shape index (κ2) is 3.95. The van der Waals surface area contributed by atoms with Gasteiger partial charge in [0, 0.05) is 6.54 Å². The molecule has 1 atom stereocenters. The zero-order valence-corrected chi connectivity index (χ0v) is 8.58. The maximum absolute atomic E-state index is 4.22. The molecule has 0 fully saturated rings. The average Bonchev–Trinajstić information content (AvgIpc) is 2.31. The van der Waals surface area contributed by atoms with Crippen molar-refractivity contribution < 1.29 is 0 Å². The molecule has 0 aromatic carbocycles. The fraction of sp³-hybridized carbons (Fsp3) is 0.857. The van der Waals surface area contributed by atoms with Crippen molar-refractivity contribution in [2.24, 2.45) is 5.10 Å². The van der Waals surface area contributed by atoms with E-state index in [1.165, 1.54) is 12.8 Å². The van der Waals surface area contributed by atoms with Gasteiger partial charge in [0.25, 0.3) is 0 Å². The molecule has 1 aliphatic rings. The second-order valence-corrected chi connectivity index (χ2v) is 3.54. The van der Waals surface area contributed by atoms with Crippen molar-refractivity contribution in [3.63, 3.8) is 0 Å². The van der Waals surface area contributed by atoms with Gasteiger partial charge in [0.05, 0.1) is 16.1 Å². The summed E-state index contributed by atoms with van der Waals surface area (Å²) in [5.74, 6) is 0. The van der Waals surface area contributed by atoms with Crippen LogP contribution >= 0.6 is 16.1 Å². The second-order valence-electron chi connectivity index (χ2n) is 2.72. The van der Waals surface area contributed by atoms with E-state index in [0.717, 1.165) is 6.54 Å². The quantitative estimate of drug-likeness (QED) is 0.677. The molecule has 1 heterocycles. The maximum atomic E-state index is 4.22. The SMILES string of the molecule is CCCCN1N=CN(Br)C1C. The standard InChI is InChI=1S/C7H14BrN3/c1-3-4-5-11-7(2)10(8)6-9-11/h6-7H,3-5H2,1-2H3. The first-order valence-corrected chi connectivity index (χ1v) is 4.71. The number of hydrogen-bond donors (Lipinski definition) is 0. The van der Waals surface area contributed by atoms with E-state index in [4.69, 9.17) is 0 Å². The summed E-state index contributed by atoms with van der Waals surface area (Å²) in [5.41, 5.74) is 0. The summed E-state index contributed by atoms with van der Waals surface area (Å²) in [6, 6.07) is 0. The summed E-state index contributed by atoms with van der Waals surface area (Å²) in [6.45, 7) is 5.37. The van der Waals surface area contributed by atoms with E-state index < -0.39 is 0 Å². The van der Waals surface area contributed by atoms with Crippen LogP contribution in [0.25, 0.3) is 0 Å². The van der Waals surface area contributed by atoms with Gasteiger partial charge in [0.1, 0.15) is 12.5 Å². The lowest BCUT2D eigenvalue weighted by molar-refractivity contribution is 0.196. The molecule has 0 N–H and O–H groups in total. The van der Waals surface area contributed by atoms with Crippen LogP contribution in [-0.2, 0) is 0 Å². The summed E-state index contributed by atoms with van der Waals surface area (Å²) in [5, 5.41) is 6.30. The Bertz CT molecular complexity index is 149. The largest absolute Gasteiger partial charge is 0.275 e. The van der Waals surface area contributed by atoms with Crippen molar-refractivity contribution in [3.8, 4) is 0 Å². The number of rotatable bonds is 3. The third kappa shape index (κ3) is 2.09. The van der Waals surface area contributed by atoms with Crippen LogP contribution in [0.15, 0.2) is 5.10 Å². The van der Waals surface area contributed by atoms with E-state index in [-0.39, 0.29) is 0 Å². The van der Waals surface area contributed by atoms with E-state index in [1.807, 2.05) is 3.93 Å². The molecule has 0 aromatic rings. The van der Waals surface area contributed by atoms with E-state index in [1.54, 1.807) is 6.34 Å². The topological polar surface area (TPSA) is 18.8 Å². The molecule has 0 saturated carbocycles. The molecule has 0 aromatic heterocycles. The first-order valence-electron chi connectivity index (χ1n) is 4.00. The molecule has 1 unspecified atom stereocenters. The van der Waals surface area contributed by atoms with Gasteiger partial charge in [0.15, 0.2) is 0 Å². The van der Waals surface area contributed by atoms with Crippen molar-refractivity contribution >= 4 is 22.5 Å². The third-order valence-corrected chi connectivity index (χ3v) is 2.62. The molecular formula is C7H14BrN3. The molecule has 1 aliphatic heterocycles. The van der Waals surface area contributed by atoms with E-state index in [2.05, 4.69) is 40.1 Å². The van der Waals surface area contributed by atoms with Crippen molar-refractivity contribution in [2.75, 3.05) is 6.54 Å². The molecule has 0 radical (unpaired) electrons. The first kappa shape index (κ1) is 8.84. The van der Waals surface area contributed by atoms with Gasteiger partial charge >= 0.3 is 0 Å². The Morgan fingerprint density at radius 1 is 1.64 bits per heavy atom. The smallest absolute Gasteiger partial charge is 0.126 e. The molecular weight excluding hydrogens is 206 g/mol. The lowest BCUT2D eigenvalue weighted by atomic mass is 10.3. The highest BCUT2D eigenvalue weighted by molar-refractivity contribution is 9.07. The summed E-state index contributed by atoms with van der Waals surface area (Å²) < 4.78 is 1.93. The van der Waals surface area contributed by atoms with Crippen LogP contribution in [0, 0.1) is 0 Å². The highest BCUT2D eigenvalue weighted by Gasteiger charge is 2.20. The fourth-order valence-corrected chi connectivity index (χ4v) is 1.29. The number of hydrogen-bond acceptors (Lipinski definition) is 3. The van der Waals surface area contributed by atoms with Gasteiger partial charge in [-0.1, -0.05) is 13.3 Å². The third-order valence-electron chi connectivity index (χ3n) is 1.84. The van der Waals surface area contributed by atoms with Crippen LogP contribution in [0.4, 0.5) is 0 Å². The molecule has 64 valence electrons. The van der Waals surface area contributed by atoms with Gasteiger partial charge < -0.3 is 0 Å². The predicted molar refractivity (Wildman–Crippen MR) is 50.3 cm³/mol. The number of unbranched alkanes of at least 4 members (excludes halogenated alkanes) is 1.